The van der Waals surface area contributed by atoms with Gasteiger partial charge in [-0.05, 0) is 12.1 Å². The molecule has 0 aromatic heterocycles. The maximum atomic E-state index is 11.8. The van der Waals surface area contributed by atoms with Gasteiger partial charge in [-0.3, -0.25) is 9.59 Å². The monoisotopic (exact) mass is 271 g/mol. The molecule has 0 aliphatic rings. The van der Waals surface area contributed by atoms with E-state index >= 15 is 0 Å². The number of hydrogen-bond acceptors (Lipinski definition) is 4. The molecule has 5 heteroatoms. The molecule has 2 rings (SSSR count). The fourth-order valence-electron chi connectivity index (χ4n) is 1.74. The number of phenolic OH excluding ortho intramolecular Hbond substituents is 2. The van der Waals surface area contributed by atoms with Crippen LogP contribution in [0.25, 0.3) is 0 Å². The summed E-state index contributed by atoms with van der Waals surface area (Å²) in [4.78, 5) is 23.6. The fraction of sp³-hybridized carbons (Fsp3) is 0.0667. The molecule has 3 N–H and O–H groups in total. The molecule has 1 amide bonds. The smallest absolute Gasteiger partial charge is 0.259 e. The van der Waals surface area contributed by atoms with E-state index in [1.807, 2.05) is 0 Å². The lowest BCUT2D eigenvalue weighted by molar-refractivity contribution is 0.0900. The number of phenols is 2. The predicted molar refractivity (Wildman–Crippen MR) is 72.9 cm³/mol. The summed E-state index contributed by atoms with van der Waals surface area (Å²) in [6, 6.07) is 12.5. The first kappa shape index (κ1) is 13.6. The summed E-state index contributed by atoms with van der Waals surface area (Å²) in [7, 11) is 0. The number of carbonyl (C=O) groups is 2. The second-order valence-electron chi connectivity index (χ2n) is 4.14. The second kappa shape index (κ2) is 5.88. The molecule has 0 saturated carbocycles. The molecule has 0 saturated heterocycles. The van der Waals surface area contributed by atoms with Gasteiger partial charge in [-0.2, -0.15) is 0 Å². The molecule has 0 unspecified atom stereocenters. The first-order valence-electron chi connectivity index (χ1n) is 5.97. The highest BCUT2D eigenvalue weighted by atomic mass is 16.3. The molecule has 0 fully saturated rings. The zero-order valence-corrected chi connectivity index (χ0v) is 10.5. The summed E-state index contributed by atoms with van der Waals surface area (Å²) < 4.78 is 0. The normalized spacial score (nSPS) is 10.0. The number of nitrogens with one attached hydrogen (secondary N) is 1. The van der Waals surface area contributed by atoms with Gasteiger partial charge in [0.05, 0.1) is 6.54 Å². The Labute approximate surface area is 115 Å². The molecule has 0 heterocycles. The largest absolute Gasteiger partial charge is 0.507 e. The summed E-state index contributed by atoms with van der Waals surface area (Å²) in [5, 5.41) is 21.4. The zero-order valence-electron chi connectivity index (χ0n) is 10.5. The fourth-order valence-corrected chi connectivity index (χ4v) is 1.74. The lowest BCUT2D eigenvalue weighted by atomic mass is 10.1. The number of amides is 1. The van der Waals surface area contributed by atoms with Crippen molar-refractivity contribution in [2.45, 2.75) is 0 Å². The van der Waals surface area contributed by atoms with Crippen LogP contribution in [0.2, 0.25) is 0 Å². The van der Waals surface area contributed by atoms with Crippen LogP contribution in [-0.4, -0.2) is 28.4 Å². The predicted octanol–water partition coefficient (Wildman–Crippen LogP) is 1.71. The minimum Gasteiger partial charge on any atom is -0.507 e. The van der Waals surface area contributed by atoms with Gasteiger partial charge in [0.2, 0.25) is 0 Å². The Morgan fingerprint density at radius 2 is 1.50 bits per heavy atom. The molecule has 0 aliphatic heterocycles. The van der Waals surface area contributed by atoms with Crippen molar-refractivity contribution in [2.75, 3.05) is 6.54 Å². The summed E-state index contributed by atoms with van der Waals surface area (Å²) in [5.41, 5.74) is 0.239. The van der Waals surface area contributed by atoms with Crippen LogP contribution in [0.5, 0.6) is 11.5 Å². The molecular formula is C15H13NO4. The van der Waals surface area contributed by atoms with E-state index in [2.05, 4.69) is 5.32 Å². The molecule has 0 atom stereocenters. The van der Waals surface area contributed by atoms with Gasteiger partial charge in [-0.25, -0.2) is 0 Å². The quantitative estimate of drug-likeness (QED) is 0.739. The number of carbonyl (C=O) groups excluding carboxylic acids is 2. The zero-order chi connectivity index (χ0) is 14.5. The van der Waals surface area contributed by atoms with Gasteiger partial charge < -0.3 is 15.5 Å². The van der Waals surface area contributed by atoms with E-state index in [9.17, 15) is 19.8 Å². The Bertz CT molecular complexity index is 617. The van der Waals surface area contributed by atoms with Gasteiger partial charge in [0.1, 0.15) is 17.1 Å². The van der Waals surface area contributed by atoms with E-state index < -0.39 is 5.91 Å². The second-order valence-corrected chi connectivity index (χ2v) is 4.14. The standard InChI is InChI=1S/C15H13NO4/c17-11-7-4-8-12(18)14(11)15(20)16-9-13(19)10-5-2-1-3-6-10/h1-8,17-18H,9H2,(H,16,20). The lowest BCUT2D eigenvalue weighted by Gasteiger charge is -2.08. The van der Waals surface area contributed by atoms with Gasteiger partial charge >= 0.3 is 0 Å². The third kappa shape index (κ3) is 2.95. The van der Waals surface area contributed by atoms with Crippen LogP contribution >= 0.6 is 0 Å². The molecule has 0 bridgehead atoms. The Morgan fingerprint density at radius 3 is 2.10 bits per heavy atom. The minimum atomic E-state index is -0.704. The number of hydrogen-bond donors (Lipinski definition) is 3. The average Bonchev–Trinajstić information content (AvgIpc) is 2.45. The van der Waals surface area contributed by atoms with Gasteiger partial charge in [0.25, 0.3) is 5.91 Å². The van der Waals surface area contributed by atoms with Gasteiger partial charge in [0.15, 0.2) is 5.78 Å². The van der Waals surface area contributed by atoms with Crippen LogP contribution < -0.4 is 5.32 Å². The van der Waals surface area contributed by atoms with E-state index in [0.717, 1.165) is 0 Å². The average molecular weight is 271 g/mol. The Hall–Kier alpha value is -2.82. The first-order valence-corrected chi connectivity index (χ1v) is 5.97. The maximum absolute atomic E-state index is 11.8. The Balaban J connectivity index is 2.05. The third-order valence-electron chi connectivity index (χ3n) is 2.75. The number of ketones is 1. The van der Waals surface area contributed by atoms with Crippen molar-refractivity contribution in [3.63, 3.8) is 0 Å². The maximum Gasteiger partial charge on any atom is 0.259 e. The number of aromatic hydroxyl groups is 2. The highest BCUT2D eigenvalue weighted by Gasteiger charge is 2.16. The highest BCUT2D eigenvalue weighted by Crippen LogP contribution is 2.25. The molecule has 0 spiro atoms. The van der Waals surface area contributed by atoms with Gasteiger partial charge in [0, 0.05) is 5.56 Å². The summed E-state index contributed by atoms with van der Waals surface area (Å²) in [6.45, 7) is -0.212. The molecule has 0 aliphatic carbocycles. The number of Topliss-reactive ketones (excluding diaryl/α,β-unsaturated/α-hetero) is 1. The summed E-state index contributed by atoms with van der Waals surface area (Å²) in [5.74, 6) is -1.64. The van der Waals surface area contributed by atoms with E-state index in [4.69, 9.17) is 0 Å². The molecule has 102 valence electrons. The van der Waals surface area contributed by atoms with Crippen molar-refractivity contribution in [3.8, 4) is 11.5 Å². The van der Waals surface area contributed by atoms with Crippen molar-refractivity contribution in [2.24, 2.45) is 0 Å². The molecule has 0 radical (unpaired) electrons. The SMILES string of the molecule is O=C(CNC(=O)c1c(O)cccc1O)c1ccccc1. The molecule has 20 heavy (non-hydrogen) atoms. The van der Waals surface area contributed by atoms with Crippen LogP contribution in [-0.2, 0) is 0 Å². The van der Waals surface area contributed by atoms with Crippen molar-refractivity contribution in [3.05, 3.63) is 59.7 Å². The highest BCUT2D eigenvalue weighted by molar-refractivity contribution is 6.04. The van der Waals surface area contributed by atoms with Gasteiger partial charge in [-0.1, -0.05) is 36.4 Å². The number of benzene rings is 2. The summed E-state index contributed by atoms with van der Waals surface area (Å²) in [6.07, 6.45) is 0. The van der Waals surface area contributed by atoms with Crippen LogP contribution in [0.4, 0.5) is 0 Å². The molecule has 2 aromatic carbocycles. The van der Waals surface area contributed by atoms with E-state index in [0.29, 0.717) is 5.56 Å². The first-order chi connectivity index (χ1) is 9.59. The van der Waals surface area contributed by atoms with Crippen molar-refractivity contribution in [1.82, 2.24) is 5.32 Å². The van der Waals surface area contributed by atoms with Crippen molar-refractivity contribution in [1.29, 1.82) is 0 Å². The van der Waals surface area contributed by atoms with Crippen LogP contribution in [0.15, 0.2) is 48.5 Å². The van der Waals surface area contributed by atoms with Crippen LogP contribution in [0.3, 0.4) is 0 Å². The Morgan fingerprint density at radius 1 is 0.900 bits per heavy atom. The van der Waals surface area contributed by atoms with Crippen LogP contribution in [0, 0.1) is 0 Å². The van der Waals surface area contributed by atoms with Crippen LogP contribution in [0.1, 0.15) is 20.7 Å². The topological polar surface area (TPSA) is 86.6 Å². The third-order valence-corrected chi connectivity index (χ3v) is 2.75. The van der Waals surface area contributed by atoms with E-state index in [-0.39, 0.29) is 29.4 Å². The number of rotatable bonds is 4. The molecular weight excluding hydrogens is 258 g/mol. The minimum absolute atomic E-state index is 0.212. The van der Waals surface area contributed by atoms with Crippen molar-refractivity contribution < 1.29 is 19.8 Å². The van der Waals surface area contributed by atoms with Crippen molar-refractivity contribution >= 4 is 11.7 Å². The molecule has 2 aromatic rings. The van der Waals surface area contributed by atoms with Gasteiger partial charge in [-0.15, -0.1) is 0 Å². The molecule has 5 nitrogen and oxygen atoms in total. The Kier molecular flexibility index (Phi) is 4.00. The van der Waals surface area contributed by atoms with E-state index in [1.165, 1.54) is 18.2 Å². The summed E-state index contributed by atoms with van der Waals surface area (Å²) >= 11 is 0. The lowest BCUT2D eigenvalue weighted by Crippen LogP contribution is -2.29. The van der Waals surface area contributed by atoms with E-state index in [1.54, 1.807) is 30.3 Å².